The van der Waals surface area contributed by atoms with Gasteiger partial charge in [0.25, 0.3) is 0 Å². The monoisotopic (exact) mass is 258 g/mol. The van der Waals surface area contributed by atoms with E-state index >= 15 is 0 Å². The summed E-state index contributed by atoms with van der Waals surface area (Å²) in [5.41, 5.74) is 1.22. The Morgan fingerprint density at radius 2 is 1.88 bits per heavy atom. The van der Waals surface area contributed by atoms with Gasteiger partial charge in [-0.05, 0) is 37.4 Å². The number of aliphatic hydroxyl groups is 1. The van der Waals surface area contributed by atoms with E-state index in [0.717, 1.165) is 6.42 Å². The quantitative estimate of drug-likeness (QED) is 0.553. The maximum atomic E-state index is 8.77. The van der Waals surface area contributed by atoms with Crippen molar-refractivity contribution in [1.82, 2.24) is 0 Å². The molecule has 0 saturated carbocycles. The summed E-state index contributed by atoms with van der Waals surface area (Å²) in [7, 11) is -1.70. The summed E-state index contributed by atoms with van der Waals surface area (Å²) in [4.78, 5) is 0. The van der Waals surface area contributed by atoms with E-state index in [1.807, 2.05) is 0 Å². The lowest BCUT2D eigenvalue weighted by Gasteiger charge is -2.42. The van der Waals surface area contributed by atoms with Gasteiger partial charge in [0.05, 0.1) is 6.61 Å². The second-order valence-electron chi connectivity index (χ2n) is 6.24. The molecule has 0 atom stereocenters. The highest BCUT2D eigenvalue weighted by Gasteiger charge is 2.43. The number of hydrogen-bond acceptors (Lipinski definition) is 2. The molecule has 0 aromatic carbocycles. The lowest BCUT2D eigenvalue weighted by atomic mass is 9.99. The number of rotatable bonds is 7. The Labute approximate surface area is 108 Å². The molecule has 0 aromatic rings. The molecule has 0 rings (SSSR count). The van der Waals surface area contributed by atoms with Crippen LogP contribution in [0.25, 0.3) is 0 Å². The molecule has 0 heterocycles. The highest BCUT2D eigenvalue weighted by Crippen LogP contribution is 2.44. The average molecular weight is 258 g/mol. The lowest BCUT2D eigenvalue weighted by Crippen LogP contribution is -2.45. The Morgan fingerprint density at radius 3 is 2.29 bits per heavy atom. The zero-order valence-electron chi connectivity index (χ0n) is 12.6. The molecular formula is C14H30O2Si. The predicted molar refractivity (Wildman–Crippen MR) is 77.8 cm³/mol. The second kappa shape index (κ2) is 6.71. The van der Waals surface area contributed by atoms with Gasteiger partial charge in [0.2, 0.25) is 0 Å². The van der Waals surface area contributed by atoms with Crippen LogP contribution in [0.5, 0.6) is 0 Å². The maximum Gasteiger partial charge on any atom is 0.193 e. The van der Waals surface area contributed by atoms with Crippen molar-refractivity contribution in [2.24, 2.45) is 5.92 Å². The second-order valence-corrected chi connectivity index (χ2v) is 10.8. The van der Waals surface area contributed by atoms with E-state index in [1.54, 1.807) is 0 Å². The zero-order chi connectivity index (χ0) is 13.7. The van der Waals surface area contributed by atoms with E-state index < -0.39 is 8.32 Å². The fraction of sp³-hybridized carbons (Fsp3) is 0.857. The average Bonchev–Trinajstić information content (AvgIpc) is 2.23. The van der Waals surface area contributed by atoms with Crippen LogP contribution in [0, 0.1) is 5.92 Å². The van der Waals surface area contributed by atoms with Crippen LogP contribution in [0.3, 0.4) is 0 Å². The van der Waals surface area contributed by atoms with E-state index in [1.165, 1.54) is 5.57 Å². The largest absolute Gasteiger partial charge is 0.413 e. The van der Waals surface area contributed by atoms with Gasteiger partial charge in [-0.1, -0.05) is 39.3 Å². The van der Waals surface area contributed by atoms with Crippen molar-refractivity contribution in [3.63, 3.8) is 0 Å². The van der Waals surface area contributed by atoms with Gasteiger partial charge in [-0.25, -0.2) is 0 Å². The molecule has 17 heavy (non-hydrogen) atoms. The Balaban J connectivity index is 4.46. The van der Waals surface area contributed by atoms with E-state index in [2.05, 4.69) is 53.8 Å². The van der Waals surface area contributed by atoms with Crippen molar-refractivity contribution < 1.29 is 9.53 Å². The third-order valence-corrected chi connectivity index (χ3v) is 8.82. The molecule has 1 N–H and O–H groups in total. The van der Waals surface area contributed by atoms with Gasteiger partial charge in [0.1, 0.15) is 0 Å². The molecule has 2 nitrogen and oxygen atoms in total. The van der Waals surface area contributed by atoms with Gasteiger partial charge >= 0.3 is 0 Å². The van der Waals surface area contributed by atoms with Crippen LogP contribution < -0.4 is 0 Å². The summed E-state index contributed by atoms with van der Waals surface area (Å²) in [6.45, 7) is 16.8. The van der Waals surface area contributed by atoms with Crippen LogP contribution in [0.1, 0.15) is 41.0 Å². The molecule has 0 spiro atoms. The Hall–Kier alpha value is -0.123. The van der Waals surface area contributed by atoms with Gasteiger partial charge in [-0.2, -0.15) is 0 Å². The molecule has 0 radical (unpaired) electrons. The van der Waals surface area contributed by atoms with Crippen molar-refractivity contribution in [3.05, 3.63) is 11.6 Å². The number of aliphatic hydroxyl groups excluding tert-OH is 1. The normalized spacial score (nSPS) is 14.5. The smallest absolute Gasteiger partial charge is 0.193 e. The lowest BCUT2D eigenvalue weighted by molar-refractivity contribution is 0.288. The van der Waals surface area contributed by atoms with Crippen LogP contribution in [-0.2, 0) is 4.43 Å². The third kappa shape index (κ3) is 4.94. The summed E-state index contributed by atoms with van der Waals surface area (Å²) < 4.78 is 6.20. The van der Waals surface area contributed by atoms with Crippen LogP contribution in [-0.4, -0.2) is 26.6 Å². The minimum absolute atomic E-state index is 0.218. The van der Waals surface area contributed by atoms with E-state index in [9.17, 15) is 0 Å². The summed E-state index contributed by atoms with van der Waals surface area (Å²) in [6, 6.07) is 0. The van der Waals surface area contributed by atoms with E-state index in [4.69, 9.17) is 9.53 Å². The summed E-state index contributed by atoms with van der Waals surface area (Å²) >= 11 is 0. The van der Waals surface area contributed by atoms with E-state index in [0.29, 0.717) is 12.5 Å². The summed E-state index contributed by atoms with van der Waals surface area (Å²) in [5.74, 6) is 0.630. The summed E-state index contributed by atoms with van der Waals surface area (Å²) in [5, 5.41) is 9.04. The molecule has 0 aliphatic heterocycles. The first-order valence-electron chi connectivity index (χ1n) is 6.55. The van der Waals surface area contributed by atoms with Gasteiger partial charge in [0.15, 0.2) is 8.32 Å². The SMILES string of the molecule is C/C(=C\CCO)CO[Si](C)(C)C(C)(C)C(C)C. The topological polar surface area (TPSA) is 29.5 Å². The van der Waals surface area contributed by atoms with Crippen LogP contribution in [0.2, 0.25) is 18.1 Å². The van der Waals surface area contributed by atoms with Crippen molar-refractivity contribution in [1.29, 1.82) is 0 Å². The summed E-state index contributed by atoms with van der Waals surface area (Å²) in [6.07, 6.45) is 2.79. The van der Waals surface area contributed by atoms with Crippen LogP contribution >= 0.6 is 0 Å². The molecule has 0 aliphatic carbocycles. The van der Waals surface area contributed by atoms with Crippen LogP contribution in [0.4, 0.5) is 0 Å². The van der Waals surface area contributed by atoms with Crippen molar-refractivity contribution >= 4 is 8.32 Å². The van der Waals surface area contributed by atoms with Gasteiger partial charge in [-0.3, -0.25) is 0 Å². The third-order valence-electron chi connectivity index (χ3n) is 4.28. The Bertz CT molecular complexity index is 255. The minimum atomic E-state index is -1.70. The first kappa shape index (κ1) is 16.9. The molecule has 3 heteroatoms. The fourth-order valence-electron chi connectivity index (χ4n) is 1.55. The zero-order valence-corrected chi connectivity index (χ0v) is 13.6. The maximum absolute atomic E-state index is 8.77. The molecule has 0 fully saturated rings. The van der Waals surface area contributed by atoms with E-state index in [-0.39, 0.29) is 11.6 Å². The van der Waals surface area contributed by atoms with Gasteiger partial charge in [0, 0.05) is 6.61 Å². The molecule has 0 aliphatic rings. The molecule has 0 unspecified atom stereocenters. The minimum Gasteiger partial charge on any atom is -0.413 e. The standard InChI is InChI=1S/C14H30O2Si/c1-12(2)14(4,5)17(6,7)16-11-13(3)9-8-10-15/h9,12,15H,8,10-11H2,1-7H3/b13-9+. The van der Waals surface area contributed by atoms with Crippen molar-refractivity contribution in [3.8, 4) is 0 Å². The highest BCUT2D eigenvalue weighted by atomic mass is 28.4. The Morgan fingerprint density at radius 1 is 1.35 bits per heavy atom. The molecule has 0 aromatic heterocycles. The van der Waals surface area contributed by atoms with Crippen molar-refractivity contribution in [2.75, 3.05) is 13.2 Å². The fourth-order valence-corrected chi connectivity index (χ4v) is 3.90. The van der Waals surface area contributed by atoms with Gasteiger partial charge < -0.3 is 9.53 Å². The van der Waals surface area contributed by atoms with Gasteiger partial charge in [-0.15, -0.1) is 0 Å². The Kier molecular flexibility index (Phi) is 6.67. The molecule has 0 amide bonds. The predicted octanol–water partition coefficient (Wildman–Crippen LogP) is 3.97. The van der Waals surface area contributed by atoms with Crippen molar-refractivity contribution in [2.45, 2.75) is 59.2 Å². The first-order valence-corrected chi connectivity index (χ1v) is 9.46. The number of hydrogen-bond donors (Lipinski definition) is 1. The molecule has 102 valence electrons. The first-order chi connectivity index (χ1) is 7.65. The van der Waals surface area contributed by atoms with Crippen LogP contribution in [0.15, 0.2) is 11.6 Å². The molecule has 0 saturated heterocycles. The highest BCUT2D eigenvalue weighted by molar-refractivity contribution is 6.74. The molecule has 0 bridgehead atoms. The molecular weight excluding hydrogens is 228 g/mol.